The molecule has 1 N–H and O–H groups in total. The Balaban J connectivity index is 2.17. The fraction of sp³-hybridized carbons (Fsp3) is 0.455. The predicted molar refractivity (Wildman–Crippen MR) is 57.6 cm³/mol. The van der Waals surface area contributed by atoms with Crippen molar-refractivity contribution in [1.29, 1.82) is 0 Å². The van der Waals surface area contributed by atoms with E-state index in [0.717, 1.165) is 18.5 Å². The molecule has 0 radical (unpaired) electrons. The zero-order chi connectivity index (χ0) is 10.8. The Morgan fingerprint density at radius 1 is 1.80 bits per heavy atom. The van der Waals surface area contributed by atoms with Crippen LogP contribution in [0.15, 0.2) is 18.9 Å². The molecule has 4 nitrogen and oxygen atoms in total. The first-order chi connectivity index (χ1) is 7.24. The lowest BCUT2D eigenvalue weighted by Gasteiger charge is -2.20. The molecule has 2 rings (SSSR count). The molecule has 15 heavy (non-hydrogen) atoms. The molecular formula is C11H15N3O. The number of hydrogen-bond acceptors (Lipinski definition) is 2. The smallest absolute Gasteiger partial charge is 0.257 e. The number of aromatic nitrogens is 2. The largest absolute Gasteiger partial charge is 0.332 e. The maximum atomic E-state index is 12.1. The minimum atomic E-state index is 0.0589. The van der Waals surface area contributed by atoms with Crippen LogP contribution in [0.5, 0.6) is 0 Å². The van der Waals surface area contributed by atoms with Crippen molar-refractivity contribution < 1.29 is 4.79 Å². The van der Waals surface area contributed by atoms with Crippen LogP contribution < -0.4 is 0 Å². The van der Waals surface area contributed by atoms with Crippen molar-refractivity contribution in [3.05, 3.63) is 30.1 Å². The number of amides is 1. The Bertz CT molecular complexity index is 379. The van der Waals surface area contributed by atoms with E-state index in [4.69, 9.17) is 0 Å². The van der Waals surface area contributed by atoms with E-state index in [1.54, 1.807) is 12.3 Å². The average molecular weight is 205 g/mol. The highest BCUT2D eigenvalue weighted by Crippen LogP contribution is 2.28. The average Bonchev–Trinajstić information content (AvgIpc) is 2.97. The van der Waals surface area contributed by atoms with E-state index in [1.165, 1.54) is 0 Å². The first-order valence-corrected chi connectivity index (χ1v) is 5.16. The molecule has 1 fully saturated rings. The molecule has 0 saturated heterocycles. The Morgan fingerprint density at radius 3 is 3.00 bits per heavy atom. The third-order valence-corrected chi connectivity index (χ3v) is 2.63. The number of nitrogens with zero attached hydrogens (tertiary/aromatic N) is 2. The molecule has 0 spiro atoms. The second-order valence-corrected chi connectivity index (χ2v) is 3.89. The number of rotatable bonds is 4. The number of aromatic amines is 1. The molecule has 1 aliphatic rings. The van der Waals surface area contributed by atoms with Gasteiger partial charge in [0.25, 0.3) is 5.91 Å². The van der Waals surface area contributed by atoms with Gasteiger partial charge in [0.2, 0.25) is 0 Å². The van der Waals surface area contributed by atoms with Crippen LogP contribution in [0.2, 0.25) is 0 Å². The van der Waals surface area contributed by atoms with Crippen molar-refractivity contribution >= 4 is 5.91 Å². The number of carbonyl (C=O) groups is 1. The van der Waals surface area contributed by atoms with Crippen molar-refractivity contribution in [2.24, 2.45) is 0 Å². The standard InChI is InChI=1S/C11H15N3O/c1-3-6-14(9-4-5-9)11(15)10-7-12-13-8(10)2/h3,7,9H,1,4-6H2,2H3,(H,12,13). The minimum absolute atomic E-state index is 0.0589. The predicted octanol–water partition coefficient (Wildman–Crippen LogP) is 1.51. The summed E-state index contributed by atoms with van der Waals surface area (Å²) >= 11 is 0. The van der Waals surface area contributed by atoms with Crippen LogP contribution in [0.3, 0.4) is 0 Å². The van der Waals surface area contributed by atoms with E-state index in [2.05, 4.69) is 16.8 Å². The third-order valence-electron chi connectivity index (χ3n) is 2.63. The SMILES string of the molecule is C=CCN(C(=O)c1cn[nH]c1C)C1CC1. The van der Waals surface area contributed by atoms with Crippen molar-refractivity contribution in [2.75, 3.05) is 6.54 Å². The molecule has 1 aromatic heterocycles. The molecule has 1 heterocycles. The molecule has 0 aliphatic heterocycles. The van der Waals surface area contributed by atoms with Gasteiger partial charge in [-0.25, -0.2) is 0 Å². The monoisotopic (exact) mass is 205 g/mol. The van der Waals surface area contributed by atoms with Gasteiger partial charge in [-0.3, -0.25) is 9.89 Å². The third kappa shape index (κ3) is 1.93. The normalized spacial score (nSPS) is 15.0. The number of H-pyrrole nitrogens is 1. The summed E-state index contributed by atoms with van der Waals surface area (Å²) in [6.07, 6.45) is 5.58. The summed E-state index contributed by atoms with van der Waals surface area (Å²) in [7, 11) is 0. The second-order valence-electron chi connectivity index (χ2n) is 3.89. The van der Waals surface area contributed by atoms with Gasteiger partial charge in [0.1, 0.15) is 0 Å². The molecule has 1 amide bonds. The topological polar surface area (TPSA) is 49.0 Å². The van der Waals surface area contributed by atoms with E-state index < -0.39 is 0 Å². The van der Waals surface area contributed by atoms with Crippen molar-refractivity contribution in [3.63, 3.8) is 0 Å². The van der Waals surface area contributed by atoms with Crippen LogP contribution in [-0.4, -0.2) is 33.6 Å². The summed E-state index contributed by atoms with van der Waals surface area (Å²) in [4.78, 5) is 14.0. The van der Waals surface area contributed by atoms with Crippen LogP contribution in [0.4, 0.5) is 0 Å². The fourth-order valence-corrected chi connectivity index (χ4v) is 1.64. The van der Waals surface area contributed by atoms with E-state index in [0.29, 0.717) is 18.2 Å². The van der Waals surface area contributed by atoms with E-state index in [-0.39, 0.29) is 5.91 Å². The molecular weight excluding hydrogens is 190 g/mol. The Kier molecular flexibility index (Phi) is 2.58. The lowest BCUT2D eigenvalue weighted by atomic mass is 10.2. The summed E-state index contributed by atoms with van der Waals surface area (Å²) in [6, 6.07) is 0.407. The Labute approximate surface area is 89.0 Å². The van der Waals surface area contributed by atoms with Gasteiger partial charge in [0, 0.05) is 18.3 Å². The number of nitrogens with one attached hydrogen (secondary N) is 1. The highest BCUT2D eigenvalue weighted by molar-refractivity contribution is 5.95. The Morgan fingerprint density at radius 2 is 2.53 bits per heavy atom. The number of aryl methyl sites for hydroxylation is 1. The van der Waals surface area contributed by atoms with E-state index in [1.807, 2.05) is 11.8 Å². The maximum absolute atomic E-state index is 12.1. The Hall–Kier alpha value is -1.58. The number of hydrogen-bond donors (Lipinski definition) is 1. The fourth-order valence-electron chi connectivity index (χ4n) is 1.64. The van der Waals surface area contributed by atoms with Gasteiger partial charge in [-0.2, -0.15) is 5.10 Å². The first kappa shape index (κ1) is 9.96. The lowest BCUT2D eigenvalue weighted by molar-refractivity contribution is 0.0762. The highest BCUT2D eigenvalue weighted by atomic mass is 16.2. The summed E-state index contributed by atoms with van der Waals surface area (Å²) in [6.45, 7) is 6.16. The lowest BCUT2D eigenvalue weighted by Crippen LogP contribution is -2.33. The van der Waals surface area contributed by atoms with Crippen molar-refractivity contribution in [3.8, 4) is 0 Å². The van der Waals surface area contributed by atoms with Crippen LogP contribution in [0.1, 0.15) is 28.9 Å². The first-order valence-electron chi connectivity index (χ1n) is 5.16. The molecule has 0 atom stereocenters. The van der Waals surface area contributed by atoms with Crippen LogP contribution in [0, 0.1) is 6.92 Å². The molecule has 1 aliphatic carbocycles. The van der Waals surface area contributed by atoms with Crippen LogP contribution >= 0.6 is 0 Å². The summed E-state index contributed by atoms with van der Waals surface area (Å²) in [5.41, 5.74) is 1.50. The van der Waals surface area contributed by atoms with Crippen LogP contribution in [-0.2, 0) is 0 Å². The van der Waals surface area contributed by atoms with Gasteiger partial charge in [-0.05, 0) is 19.8 Å². The maximum Gasteiger partial charge on any atom is 0.257 e. The molecule has 0 aromatic carbocycles. The molecule has 1 aromatic rings. The van der Waals surface area contributed by atoms with Crippen molar-refractivity contribution in [2.45, 2.75) is 25.8 Å². The van der Waals surface area contributed by atoms with Gasteiger partial charge < -0.3 is 4.90 Å². The number of carbonyl (C=O) groups excluding carboxylic acids is 1. The molecule has 80 valence electrons. The van der Waals surface area contributed by atoms with Crippen LogP contribution in [0.25, 0.3) is 0 Å². The zero-order valence-corrected chi connectivity index (χ0v) is 8.86. The quantitative estimate of drug-likeness (QED) is 0.757. The van der Waals surface area contributed by atoms with Gasteiger partial charge in [0.05, 0.1) is 11.8 Å². The molecule has 1 saturated carbocycles. The summed E-state index contributed by atoms with van der Waals surface area (Å²) < 4.78 is 0. The second kappa shape index (κ2) is 3.88. The molecule has 0 unspecified atom stereocenters. The van der Waals surface area contributed by atoms with E-state index >= 15 is 0 Å². The van der Waals surface area contributed by atoms with E-state index in [9.17, 15) is 4.79 Å². The summed E-state index contributed by atoms with van der Waals surface area (Å²) in [5.74, 6) is 0.0589. The van der Waals surface area contributed by atoms with Gasteiger partial charge in [-0.15, -0.1) is 6.58 Å². The molecule has 4 heteroatoms. The summed E-state index contributed by atoms with van der Waals surface area (Å²) in [5, 5.41) is 6.65. The zero-order valence-electron chi connectivity index (χ0n) is 8.86. The molecule has 0 bridgehead atoms. The highest BCUT2D eigenvalue weighted by Gasteiger charge is 2.32. The van der Waals surface area contributed by atoms with Crippen molar-refractivity contribution in [1.82, 2.24) is 15.1 Å². The minimum Gasteiger partial charge on any atom is -0.332 e. The van der Waals surface area contributed by atoms with Gasteiger partial charge >= 0.3 is 0 Å². The van der Waals surface area contributed by atoms with Gasteiger partial charge in [0.15, 0.2) is 0 Å². The van der Waals surface area contributed by atoms with Gasteiger partial charge in [-0.1, -0.05) is 6.08 Å².